The molecular weight excluding hydrogens is 292 g/mol. The second-order valence-electron chi connectivity index (χ2n) is 7.14. The zero-order chi connectivity index (χ0) is 16.9. The van der Waals surface area contributed by atoms with Crippen LogP contribution in [0.2, 0.25) is 0 Å². The SMILES string of the molecule is CC(C)(C)OC(=O)N1CC[C@@H](CN[C@@H](CO)c2ccccc2)C1. The largest absolute Gasteiger partial charge is 0.444 e. The van der Waals surface area contributed by atoms with Gasteiger partial charge in [-0.25, -0.2) is 4.79 Å². The summed E-state index contributed by atoms with van der Waals surface area (Å²) in [7, 11) is 0. The molecule has 128 valence electrons. The summed E-state index contributed by atoms with van der Waals surface area (Å²) >= 11 is 0. The highest BCUT2D eigenvalue weighted by Crippen LogP contribution is 2.20. The lowest BCUT2D eigenvalue weighted by molar-refractivity contribution is 0.0288. The predicted molar refractivity (Wildman–Crippen MR) is 90.2 cm³/mol. The van der Waals surface area contributed by atoms with Gasteiger partial charge in [0, 0.05) is 19.6 Å². The number of hydrogen-bond donors (Lipinski definition) is 2. The first-order chi connectivity index (χ1) is 10.9. The van der Waals surface area contributed by atoms with Crippen molar-refractivity contribution in [3.8, 4) is 0 Å². The fourth-order valence-electron chi connectivity index (χ4n) is 2.77. The van der Waals surface area contributed by atoms with Gasteiger partial charge in [-0.3, -0.25) is 0 Å². The lowest BCUT2D eigenvalue weighted by Gasteiger charge is -2.24. The predicted octanol–water partition coefficient (Wildman–Crippen LogP) is 2.57. The van der Waals surface area contributed by atoms with Crippen molar-refractivity contribution in [1.82, 2.24) is 10.2 Å². The van der Waals surface area contributed by atoms with Gasteiger partial charge in [-0.2, -0.15) is 0 Å². The summed E-state index contributed by atoms with van der Waals surface area (Å²) in [6.45, 7) is 7.92. The van der Waals surface area contributed by atoms with Crippen LogP contribution in [0, 0.1) is 5.92 Å². The number of hydrogen-bond acceptors (Lipinski definition) is 4. The van der Waals surface area contributed by atoms with Crippen molar-refractivity contribution in [2.75, 3.05) is 26.2 Å². The molecule has 1 amide bonds. The maximum atomic E-state index is 12.1. The van der Waals surface area contributed by atoms with Gasteiger partial charge in [0.05, 0.1) is 12.6 Å². The van der Waals surface area contributed by atoms with Crippen molar-refractivity contribution in [2.45, 2.75) is 38.8 Å². The zero-order valence-electron chi connectivity index (χ0n) is 14.3. The van der Waals surface area contributed by atoms with Crippen LogP contribution >= 0.6 is 0 Å². The van der Waals surface area contributed by atoms with Gasteiger partial charge in [-0.1, -0.05) is 30.3 Å². The van der Waals surface area contributed by atoms with Gasteiger partial charge < -0.3 is 20.1 Å². The summed E-state index contributed by atoms with van der Waals surface area (Å²) in [5.41, 5.74) is 0.625. The highest BCUT2D eigenvalue weighted by molar-refractivity contribution is 5.68. The third-order valence-electron chi connectivity index (χ3n) is 3.97. The van der Waals surface area contributed by atoms with E-state index in [1.807, 2.05) is 51.1 Å². The van der Waals surface area contributed by atoms with Gasteiger partial charge in [0.2, 0.25) is 0 Å². The number of nitrogens with one attached hydrogen (secondary N) is 1. The Kier molecular flexibility index (Phi) is 6.02. The van der Waals surface area contributed by atoms with Crippen LogP contribution in [-0.2, 0) is 4.74 Å². The maximum Gasteiger partial charge on any atom is 0.410 e. The average Bonchev–Trinajstić information content (AvgIpc) is 2.96. The number of aliphatic hydroxyl groups excluding tert-OH is 1. The van der Waals surface area contributed by atoms with E-state index in [2.05, 4.69) is 5.32 Å². The smallest absolute Gasteiger partial charge is 0.410 e. The van der Waals surface area contributed by atoms with Gasteiger partial charge in [-0.15, -0.1) is 0 Å². The lowest BCUT2D eigenvalue weighted by atomic mass is 10.1. The van der Waals surface area contributed by atoms with Gasteiger partial charge >= 0.3 is 6.09 Å². The molecule has 0 aromatic heterocycles. The summed E-state index contributed by atoms with van der Waals surface area (Å²) in [5, 5.41) is 13.0. The number of ether oxygens (including phenoxy) is 1. The number of carbonyl (C=O) groups excluding carboxylic acids is 1. The Balaban J connectivity index is 1.80. The number of aliphatic hydroxyl groups is 1. The maximum absolute atomic E-state index is 12.1. The van der Waals surface area contributed by atoms with E-state index in [9.17, 15) is 9.90 Å². The van der Waals surface area contributed by atoms with Crippen LogP contribution in [0.3, 0.4) is 0 Å². The molecule has 0 bridgehead atoms. The molecular formula is C18H28N2O3. The zero-order valence-corrected chi connectivity index (χ0v) is 14.3. The van der Waals surface area contributed by atoms with Crippen LogP contribution in [-0.4, -0.2) is 47.9 Å². The molecule has 1 aromatic carbocycles. The van der Waals surface area contributed by atoms with Gasteiger partial charge in [0.25, 0.3) is 0 Å². The average molecular weight is 320 g/mol. The topological polar surface area (TPSA) is 61.8 Å². The molecule has 5 heteroatoms. The number of carbonyl (C=O) groups is 1. The van der Waals surface area contributed by atoms with Crippen molar-refractivity contribution in [3.63, 3.8) is 0 Å². The van der Waals surface area contributed by atoms with Crippen molar-refractivity contribution < 1.29 is 14.6 Å². The van der Waals surface area contributed by atoms with E-state index in [0.29, 0.717) is 12.5 Å². The number of amides is 1. The molecule has 0 saturated carbocycles. The first kappa shape index (κ1) is 17.8. The van der Waals surface area contributed by atoms with Crippen LogP contribution in [0.1, 0.15) is 38.8 Å². The first-order valence-electron chi connectivity index (χ1n) is 8.26. The summed E-state index contributed by atoms with van der Waals surface area (Å²) in [4.78, 5) is 13.8. The Bertz CT molecular complexity index is 499. The van der Waals surface area contributed by atoms with E-state index in [1.165, 1.54) is 0 Å². The summed E-state index contributed by atoms with van der Waals surface area (Å²) < 4.78 is 5.41. The minimum Gasteiger partial charge on any atom is -0.444 e. The normalized spacial score (nSPS) is 19.7. The van der Waals surface area contributed by atoms with E-state index in [4.69, 9.17) is 4.74 Å². The van der Waals surface area contributed by atoms with Crippen LogP contribution in [0.4, 0.5) is 4.79 Å². The second-order valence-corrected chi connectivity index (χ2v) is 7.14. The molecule has 1 heterocycles. The Labute approximate surface area is 138 Å². The molecule has 23 heavy (non-hydrogen) atoms. The van der Waals surface area contributed by atoms with Crippen LogP contribution in [0.5, 0.6) is 0 Å². The Morgan fingerprint density at radius 2 is 2.09 bits per heavy atom. The van der Waals surface area contributed by atoms with Crippen LogP contribution in [0.25, 0.3) is 0 Å². The van der Waals surface area contributed by atoms with Gasteiger partial charge in [-0.05, 0) is 38.7 Å². The first-order valence-corrected chi connectivity index (χ1v) is 8.26. The van der Waals surface area contributed by atoms with Crippen molar-refractivity contribution in [1.29, 1.82) is 0 Å². The van der Waals surface area contributed by atoms with Gasteiger partial charge in [0.1, 0.15) is 5.60 Å². The number of likely N-dealkylation sites (tertiary alicyclic amines) is 1. The quantitative estimate of drug-likeness (QED) is 0.875. The summed E-state index contributed by atoms with van der Waals surface area (Å²) in [6.07, 6.45) is 0.723. The molecule has 5 nitrogen and oxygen atoms in total. The van der Waals surface area contributed by atoms with E-state index in [-0.39, 0.29) is 18.7 Å². The molecule has 2 atom stereocenters. The highest BCUT2D eigenvalue weighted by Gasteiger charge is 2.29. The third-order valence-corrected chi connectivity index (χ3v) is 3.97. The van der Waals surface area contributed by atoms with Crippen LogP contribution in [0.15, 0.2) is 30.3 Å². The summed E-state index contributed by atoms with van der Waals surface area (Å²) in [6, 6.07) is 9.87. The molecule has 1 saturated heterocycles. The van der Waals surface area contributed by atoms with E-state index in [0.717, 1.165) is 25.1 Å². The number of nitrogens with zero attached hydrogens (tertiary/aromatic N) is 1. The Morgan fingerprint density at radius 1 is 1.39 bits per heavy atom. The van der Waals surface area contributed by atoms with Crippen molar-refractivity contribution >= 4 is 6.09 Å². The third kappa shape index (κ3) is 5.52. The Hall–Kier alpha value is -1.59. The number of benzene rings is 1. The van der Waals surface area contributed by atoms with E-state index >= 15 is 0 Å². The molecule has 1 aromatic rings. The lowest BCUT2D eigenvalue weighted by Crippen LogP contribution is -2.36. The van der Waals surface area contributed by atoms with E-state index in [1.54, 1.807) is 4.90 Å². The monoisotopic (exact) mass is 320 g/mol. The minimum atomic E-state index is -0.456. The molecule has 1 fully saturated rings. The fraction of sp³-hybridized carbons (Fsp3) is 0.611. The Morgan fingerprint density at radius 3 is 2.70 bits per heavy atom. The second kappa shape index (κ2) is 7.79. The van der Waals surface area contributed by atoms with Crippen molar-refractivity contribution in [2.24, 2.45) is 5.92 Å². The molecule has 0 radical (unpaired) electrons. The summed E-state index contributed by atoms with van der Waals surface area (Å²) in [5.74, 6) is 0.389. The molecule has 0 spiro atoms. The molecule has 1 aliphatic heterocycles. The van der Waals surface area contributed by atoms with Crippen LogP contribution < -0.4 is 5.32 Å². The van der Waals surface area contributed by atoms with E-state index < -0.39 is 5.60 Å². The van der Waals surface area contributed by atoms with Gasteiger partial charge in [0.15, 0.2) is 0 Å². The fourth-order valence-corrected chi connectivity index (χ4v) is 2.77. The molecule has 1 aliphatic rings. The minimum absolute atomic E-state index is 0.0620. The molecule has 0 aliphatic carbocycles. The molecule has 2 rings (SSSR count). The molecule has 0 unspecified atom stereocenters. The van der Waals surface area contributed by atoms with Crippen molar-refractivity contribution in [3.05, 3.63) is 35.9 Å². The molecule has 2 N–H and O–H groups in total. The number of rotatable bonds is 5. The highest BCUT2D eigenvalue weighted by atomic mass is 16.6. The standard InChI is InChI=1S/C18H28N2O3/c1-18(2,3)23-17(22)20-10-9-14(12-20)11-19-16(13-21)15-7-5-4-6-8-15/h4-8,14,16,19,21H,9-13H2,1-3H3/t14-,16-/m0/s1.